The van der Waals surface area contributed by atoms with Gasteiger partial charge in [0.1, 0.15) is 5.75 Å². The van der Waals surface area contributed by atoms with Gasteiger partial charge in [0.05, 0.1) is 24.0 Å². The molecule has 0 spiro atoms. The largest absolute Gasteiger partial charge is 0.497 e. The van der Waals surface area contributed by atoms with Crippen LogP contribution in [0.2, 0.25) is 0 Å². The van der Waals surface area contributed by atoms with Crippen molar-refractivity contribution < 1.29 is 19.2 Å². The summed E-state index contributed by atoms with van der Waals surface area (Å²) in [5, 5.41) is 7.62. The molecule has 0 aliphatic carbocycles. The zero-order valence-corrected chi connectivity index (χ0v) is 15.0. The van der Waals surface area contributed by atoms with Crippen molar-refractivity contribution in [1.29, 1.82) is 0 Å². The summed E-state index contributed by atoms with van der Waals surface area (Å²) in [6.07, 6.45) is 0. The number of benzene rings is 3. The average Bonchev–Trinajstić information content (AvgIpc) is 2.77. The smallest absolute Gasteiger partial charge is 0.362 e. The van der Waals surface area contributed by atoms with Gasteiger partial charge < -0.3 is 9.57 Å². The number of amides is 1. The summed E-state index contributed by atoms with van der Waals surface area (Å²) < 4.78 is 5.05. The lowest BCUT2D eigenvalue weighted by Gasteiger charge is -2.06. The first-order valence-electron chi connectivity index (χ1n) is 8.38. The number of anilines is 1. The molecule has 0 unspecified atom stereocenters. The lowest BCUT2D eigenvalue weighted by Crippen LogP contribution is -2.10. The van der Waals surface area contributed by atoms with E-state index < -0.39 is 11.9 Å². The van der Waals surface area contributed by atoms with Crippen LogP contribution >= 0.6 is 0 Å². The standard InChI is InChI=1S/C21H17N3O4/c1-27-19-13-7-15(8-14-19)20(25)23-22-17-9-11-18(12-10-17)24-28-21(26)16-5-3-2-4-6-16/h2-14,24H,1H3. The zero-order valence-electron chi connectivity index (χ0n) is 15.0. The second-order valence-corrected chi connectivity index (χ2v) is 5.64. The Morgan fingerprint density at radius 1 is 0.821 bits per heavy atom. The maximum absolute atomic E-state index is 12.0. The van der Waals surface area contributed by atoms with E-state index in [0.29, 0.717) is 28.3 Å². The number of methoxy groups -OCH3 is 1. The zero-order chi connectivity index (χ0) is 19.8. The van der Waals surface area contributed by atoms with E-state index in [-0.39, 0.29) is 0 Å². The molecule has 3 rings (SSSR count). The highest BCUT2D eigenvalue weighted by Crippen LogP contribution is 2.18. The first kappa shape index (κ1) is 18.8. The van der Waals surface area contributed by atoms with Gasteiger partial charge in [-0.2, -0.15) is 0 Å². The summed E-state index contributed by atoms with van der Waals surface area (Å²) in [4.78, 5) is 28.9. The molecular formula is C21H17N3O4. The third-order valence-electron chi connectivity index (χ3n) is 3.73. The average molecular weight is 375 g/mol. The molecule has 0 saturated heterocycles. The SMILES string of the molecule is COc1ccc(C(=O)N=Nc2ccc(NOC(=O)c3ccccc3)cc2)cc1. The Morgan fingerprint density at radius 2 is 1.50 bits per heavy atom. The molecule has 0 aliphatic rings. The summed E-state index contributed by atoms with van der Waals surface area (Å²) in [5.74, 6) is -0.291. The lowest BCUT2D eigenvalue weighted by molar-refractivity contribution is 0.0596. The first-order valence-corrected chi connectivity index (χ1v) is 8.38. The van der Waals surface area contributed by atoms with Crippen LogP contribution in [-0.2, 0) is 4.84 Å². The Kier molecular flexibility index (Phi) is 6.10. The molecule has 3 aromatic carbocycles. The van der Waals surface area contributed by atoms with Crippen LogP contribution in [0.25, 0.3) is 0 Å². The topological polar surface area (TPSA) is 89.3 Å². The van der Waals surface area contributed by atoms with Crippen molar-refractivity contribution in [2.45, 2.75) is 0 Å². The number of hydrogen-bond donors (Lipinski definition) is 1. The molecule has 28 heavy (non-hydrogen) atoms. The van der Waals surface area contributed by atoms with Gasteiger partial charge in [0.15, 0.2) is 0 Å². The molecule has 0 bridgehead atoms. The quantitative estimate of drug-likeness (QED) is 0.494. The van der Waals surface area contributed by atoms with Crippen LogP contribution in [0.1, 0.15) is 20.7 Å². The Labute approximate surface area is 161 Å². The number of hydrogen-bond acceptors (Lipinski definition) is 6. The minimum absolute atomic E-state index is 0.413. The normalized spacial score (nSPS) is 10.5. The molecule has 3 aromatic rings. The molecule has 7 nitrogen and oxygen atoms in total. The van der Waals surface area contributed by atoms with Crippen LogP contribution < -0.4 is 10.2 Å². The Balaban J connectivity index is 1.55. The van der Waals surface area contributed by atoms with E-state index >= 15 is 0 Å². The van der Waals surface area contributed by atoms with Crippen LogP contribution in [0.15, 0.2) is 89.1 Å². The lowest BCUT2D eigenvalue weighted by atomic mass is 10.2. The molecule has 0 heterocycles. The van der Waals surface area contributed by atoms with Crippen LogP contribution in [-0.4, -0.2) is 19.0 Å². The van der Waals surface area contributed by atoms with Crippen LogP contribution in [0, 0.1) is 0 Å². The number of carbonyl (C=O) groups is 2. The van der Waals surface area contributed by atoms with Gasteiger partial charge >= 0.3 is 5.97 Å². The monoisotopic (exact) mass is 375 g/mol. The van der Waals surface area contributed by atoms with Gasteiger partial charge in [-0.1, -0.05) is 18.2 Å². The van der Waals surface area contributed by atoms with Crippen molar-refractivity contribution in [3.63, 3.8) is 0 Å². The van der Waals surface area contributed by atoms with E-state index in [9.17, 15) is 9.59 Å². The van der Waals surface area contributed by atoms with Gasteiger partial charge in [-0.25, -0.2) is 10.3 Å². The van der Waals surface area contributed by atoms with Crippen LogP contribution in [0.3, 0.4) is 0 Å². The van der Waals surface area contributed by atoms with Gasteiger partial charge in [-0.15, -0.1) is 10.2 Å². The maximum atomic E-state index is 12.0. The van der Waals surface area contributed by atoms with Crippen molar-refractivity contribution >= 4 is 23.3 Å². The number of nitrogens with zero attached hydrogens (tertiary/aromatic N) is 2. The summed E-state index contributed by atoms with van der Waals surface area (Å²) >= 11 is 0. The Morgan fingerprint density at radius 3 is 2.14 bits per heavy atom. The summed E-state index contributed by atoms with van der Waals surface area (Å²) in [7, 11) is 1.55. The predicted octanol–water partition coefficient (Wildman–Crippen LogP) is 4.80. The number of azo groups is 1. The molecule has 1 N–H and O–H groups in total. The second kappa shape index (κ2) is 9.09. The van der Waals surface area contributed by atoms with Crippen molar-refractivity contribution in [1.82, 2.24) is 0 Å². The minimum Gasteiger partial charge on any atom is -0.497 e. The van der Waals surface area contributed by atoms with Crippen molar-refractivity contribution in [2.24, 2.45) is 10.2 Å². The molecule has 0 saturated carbocycles. The number of nitrogens with one attached hydrogen (secondary N) is 1. The highest BCUT2D eigenvalue weighted by Gasteiger charge is 2.07. The van der Waals surface area contributed by atoms with Crippen LogP contribution in [0.4, 0.5) is 11.4 Å². The van der Waals surface area contributed by atoms with Crippen molar-refractivity contribution in [2.75, 3.05) is 12.6 Å². The van der Waals surface area contributed by atoms with E-state index in [1.54, 1.807) is 79.9 Å². The van der Waals surface area contributed by atoms with E-state index in [2.05, 4.69) is 15.7 Å². The first-order chi connectivity index (χ1) is 13.7. The fraction of sp³-hybridized carbons (Fsp3) is 0.0476. The fourth-order valence-electron chi connectivity index (χ4n) is 2.23. The van der Waals surface area contributed by atoms with Crippen LogP contribution in [0.5, 0.6) is 5.75 Å². The second-order valence-electron chi connectivity index (χ2n) is 5.64. The summed E-state index contributed by atoms with van der Waals surface area (Å²) in [6.45, 7) is 0. The molecule has 0 fully saturated rings. The molecule has 7 heteroatoms. The molecule has 140 valence electrons. The van der Waals surface area contributed by atoms with Gasteiger partial charge in [0.25, 0.3) is 5.91 Å². The molecule has 0 aromatic heterocycles. The van der Waals surface area contributed by atoms with Gasteiger partial charge in [0.2, 0.25) is 0 Å². The maximum Gasteiger partial charge on any atom is 0.362 e. The molecule has 0 atom stereocenters. The van der Waals surface area contributed by atoms with E-state index in [4.69, 9.17) is 9.57 Å². The summed E-state index contributed by atoms with van der Waals surface area (Å²) in [5.41, 5.74) is 4.47. The summed E-state index contributed by atoms with van der Waals surface area (Å²) in [6, 6.07) is 21.8. The van der Waals surface area contributed by atoms with Crippen molar-refractivity contribution in [3.05, 3.63) is 90.0 Å². The molecule has 0 radical (unpaired) electrons. The third-order valence-corrected chi connectivity index (χ3v) is 3.73. The highest BCUT2D eigenvalue weighted by molar-refractivity contribution is 5.94. The fourth-order valence-corrected chi connectivity index (χ4v) is 2.23. The minimum atomic E-state index is -0.491. The number of carbonyl (C=O) groups excluding carboxylic acids is 2. The van der Waals surface area contributed by atoms with E-state index in [1.807, 2.05) is 6.07 Å². The predicted molar refractivity (Wildman–Crippen MR) is 104 cm³/mol. The molecule has 0 aliphatic heterocycles. The van der Waals surface area contributed by atoms with Gasteiger partial charge in [-0.05, 0) is 60.7 Å². The highest BCUT2D eigenvalue weighted by atomic mass is 16.7. The number of ether oxygens (including phenoxy) is 1. The molecular weight excluding hydrogens is 358 g/mol. The number of rotatable bonds is 6. The van der Waals surface area contributed by atoms with Gasteiger partial charge in [-0.3, -0.25) is 4.79 Å². The third kappa shape index (κ3) is 5.01. The van der Waals surface area contributed by atoms with E-state index in [0.717, 1.165) is 0 Å². The Hall–Kier alpha value is -4.00. The van der Waals surface area contributed by atoms with E-state index in [1.165, 1.54) is 0 Å². The molecule has 1 amide bonds. The van der Waals surface area contributed by atoms with Crippen molar-refractivity contribution in [3.8, 4) is 5.75 Å². The van der Waals surface area contributed by atoms with Gasteiger partial charge in [0, 0.05) is 5.56 Å². The Bertz CT molecular complexity index is 969.